The van der Waals surface area contributed by atoms with Gasteiger partial charge in [-0.05, 0) is 19.5 Å². The molecular weight excluding hydrogens is 364 g/mol. The predicted molar refractivity (Wildman–Crippen MR) is 87.4 cm³/mol. The van der Waals surface area contributed by atoms with Crippen LogP contribution in [-0.2, 0) is 16.1 Å². The van der Waals surface area contributed by atoms with Gasteiger partial charge in [-0.25, -0.2) is 18.7 Å². The second-order valence-electron chi connectivity index (χ2n) is 6.29. The Bertz CT molecular complexity index is 928. The van der Waals surface area contributed by atoms with Crippen molar-refractivity contribution < 1.29 is 23.5 Å². The molecule has 0 saturated carbocycles. The van der Waals surface area contributed by atoms with Gasteiger partial charge in [-0.2, -0.15) is 5.10 Å². The van der Waals surface area contributed by atoms with Gasteiger partial charge in [0.05, 0.1) is 18.5 Å². The SMILES string of the molecule is CN1[C@H](C(=O)O)C[C@H](C(=O)NCc2n[nH]c(=O)[nH]2)[C@@H]1c1cccc(F)c1F. The molecule has 11 heteroatoms. The Morgan fingerprint density at radius 2 is 2.15 bits per heavy atom. The lowest BCUT2D eigenvalue weighted by molar-refractivity contribution is -0.142. The molecule has 0 radical (unpaired) electrons. The number of aliphatic carboxylic acids is 1. The molecule has 0 unspecified atom stereocenters. The molecule has 4 N–H and O–H groups in total. The monoisotopic (exact) mass is 381 g/mol. The molecule has 0 bridgehead atoms. The summed E-state index contributed by atoms with van der Waals surface area (Å²) in [6.45, 7) is -0.103. The number of H-pyrrole nitrogens is 2. The number of nitrogens with one attached hydrogen (secondary N) is 3. The smallest absolute Gasteiger partial charge is 0.340 e. The standard InChI is InChI=1S/C16H17F2N5O4/c1-23-10(15(25)26)5-8(13(23)7-3-2-4-9(17)12(7)18)14(24)19-6-11-20-16(27)22-21-11/h2-4,8,10,13H,5-6H2,1H3,(H,19,24)(H,25,26)(H2,20,21,22,27)/t8-,10-,13-/m0/s1. The van der Waals surface area contributed by atoms with Crippen molar-refractivity contribution in [2.75, 3.05) is 7.05 Å². The van der Waals surface area contributed by atoms with E-state index in [1.54, 1.807) is 0 Å². The summed E-state index contributed by atoms with van der Waals surface area (Å²) in [5.41, 5.74) is -0.625. The maximum Gasteiger partial charge on any atom is 0.340 e. The van der Waals surface area contributed by atoms with E-state index in [1.165, 1.54) is 24.1 Å². The lowest BCUT2D eigenvalue weighted by Crippen LogP contribution is -2.36. The lowest BCUT2D eigenvalue weighted by atomic mass is 9.92. The Morgan fingerprint density at radius 1 is 1.41 bits per heavy atom. The van der Waals surface area contributed by atoms with Crippen LogP contribution in [0.1, 0.15) is 23.9 Å². The number of hydrogen-bond donors (Lipinski definition) is 4. The molecule has 1 amide bonds. The molecule has 0 aliphatic carbocycles. The average Bonchev–Trinajstić information content (AvgIpc) is 3.18. The van der Waals surface area contributed by atoms with E-state index in [1.807, 2.05) is 0 Å². The Labute approximate surface area is 151 Å². The normalized spacial score (nSPS) is 22.7. The maximum atomic E-state index is 14.3. The van der Waals surface area contributed by atoms with Gasteiger partial charge in [0, 0.05) is 5.56 Å². The number of amides is 1. The average molecular weight is 381 g/mol. The highest BCUT2D eigenvalue weighted by molar-refractivity contribution is 5.83. The van der Waals surface area contributed by atoms with Crippen molar-refractivity contribution in [3.05, 3.63) is 51.7 Å². The fourth-order valence-electron chi connectivity index (χ4n) is 3.41. The Balaban J connectivity index is 1.87. The quantitative estimate of drug-likeness (QED) is 0.583. The topological polar surface area (TPSA) is 131 Å². The highest BCUT2D eigenvalue weighted by Crippen LogP contribution is 2.41. The van der Waals surface area contributed by atoms with Gasteiger partial charge >= 0.3 is 11.7 Å². The number of halogens is 2. The third-order valence-electron chi connectivity index (χ3n) is 4.69. The molecule has 1 saturated heterocycles. The van der Waals surface area contributed by atoms with Gasteiger partial charge in [0.25, 0.3) is 0 Å². The first-order valence-corrected chi connectivity index (χ1v) is 8.09. The number of aromatic nitrogens is 3. The predicted octanol–water partition coefficient (Wildman–Crippen LogP) is 0.139. The largest absolute Gasteiger partial charge is 0.480 e. The Kier molecular flexibility index (Phi) is 5.04. The van der Waals surface area contributed by atoms with Crippen LogP contribution in [0.15, 0.2) is 23.0 Å². The lowest BCUT2D eigenvalue weighted by Gasteiger charge is -2.26. The van der Waals surface area contributed by atoms with E-state index in [9.17, 15) is 28.3 Å². The van der Waals surface area contributed by atoms with Crippen molar-refractivity contribution in [2.24, 2.45) is 5.92 Å². The fourth-order valence-corrected chi connectivity index (χ4v) is 3.41. The third-order valence-corrected chi connectivity index (χ3v) is 4.69. The van der Waals surface area contributed by atoms with Crippen LogP contribution in [0.4, 0.5) is 8.78 Å². The maximum absolute atomic E-state index is 14.3. The molecule has 3 atom stereocenters. The van der Waals surface area contributed by atoms with Crippen LogP contribution in [0.2, 0.25) is 0 Å². The van der Waals surface area contributed by atoms with Crippen LogP contribution in [-0.4, -0.2) is 50.2 Å². The number of carbonyl (C=O) groups excluding carboxylic acids is 1. The zero-order valence-corrected chi connectivity index (χ0v) is 14.2. The van der Waals surface area contributed by atoms with Gasteiger partial charge in [-0.1, -0.05) is 12.1 Å². The fraction of sp³-hybridized carbons (Fsp3) is 0.375. The minimum Gasteiger partial charge on any atom is -0.480 e. The first-order valence-electron chi connectivity index (χ1n) is 8.09. The van der Waals surface area contributed by atoms with Crippen LogP contribution in [0.3, 0.4) is 0 Å². The van der Waals surface area contributed by atoms with Crippen LogP contribution in [0.5, 0.6) is 0 Å². The molecular formula is C16H17F2N5O4. The van der Waals surface area contributed by atoms with E-state index in [4.69, 9.17) is 0 Å². The van der Waals surface area contributed by atoms with Gasteiger partial charge in [-0.3, -0.25) is 19.5 Å². The van der Waals surface area contributed by atoms with Crippen molar-refractivity contribution in [1.29, 1.82) is 0 Å². The summed E-state index contributed by atoms with van der Waals surface area (Å²) in [5, 5.41) is 17.7. The minimum absolute atomic E-state index is 0.0740. The van der Waals surface area contributed by atoms with Gasteiger partial charge in [0.2, 0.25) is 5.91 Å². The number of benzene rings is 1. The van der Waals surface area contributed by atoms with E-state index in [0.29, 0.717) is 0 Å². The van der Waals surface area contributed by atoms with Crippen molar-refractivity contribution >= 4 is 11.9 Å². The van der Waals surface area contributed by atoms with Crippen LogP contribution in [0.25, 0.3) is 0 Å². The number of hydrogen-bond acceptors (Lipinski definition) is 5. The molecule has 1 aromatic carbocycles. The molecule has 2 heterocycles. The minimum atomic E-state index is -1.16. The highest BCUT2D eigenvalue weighted by atomic mass is 19.2. The van der Waals surface area contributed by atoms with Crippen LogP contribution in [0, 0.1) is 17.6 Å². The number of likely N-dealkylation sites (tertiary alicyclic amines) is 1. The molecule has 1 aromatic heterocycles. The molecule has 27 heavy (non-hydrogen) atoms. The number of aromatic amines is 2. The van der Waals surface area contributed by atoms with Crippen molar-refractivity contribution in [3.63, 3.8) is 0 Å². The zero-order chi connectivity index (χ0) is 19.7. The van der Waals surface area contributed by atoms with Crippen LogP contribution < -0.4 is 11.0 Å². The number of carbonyl (C=O) groups is 2. The summed E-state index contributed by atoms with van der Waals surface area (Å²) < 4.78 is 28.0. The number of carboxylic acid groups (broad SMARTS) is 1. The van der Waals surface area contributed by atoms with E-state index in [0.717, 1.165) is 6.07 Å². The van der Waals surface area contributed by atoms with Gasteiger partial charge in [0.15, 0.2) is 11.6 Å². The number of rotatable bonds is 5. The molecule has 3 rings (SSSR count). The molecule has 1 fully saturated rings. The molecule has 0 spiro atoms. The summed E-state index contributed by atoms with van der Waals surface area (Å²) >= 11 is 0. The molecule has 9 nitrogen and oxygen atoms in total. The van der Waals surface area contributed by atoms with Crippen LogP contribution >= 0.6 is 0 Å². The first kappa shape index (κ1) is 18.7. The van der Waals surface area contributed by atoms with Crippen molar-refractivity contribution in [1.82, 2.24) is 25.4 Å². The second kappa shape index (κ2) is 7.27. The Morgan fingerprint density at radius 3 is 2.78 bits per heavy atom. The molecule has 1 aliphatic rings. The molecule has 144 valence electrons. The Hall–Kier alpha value is -3.08. The number of carboxylic acids is 1. The highest BCUT2D eigenvalue weighted by Gasteiger charge is 2.47. The zero-order valence-electron chi connectivity index (χ0n) is 14.2. The number of likely N-dealkylation sites (N-methyl/N-ethyl adjacent to an activating group) is 1. The van der Waals surface area contributed by atoms with E-state index < -0.39 is 47.2 Å². The summed E-state index contributed by atoms with van der Waals surface area (Å²) in [6, 6.07) is 1.60. The summed E-state index contributed by atoms with van der Waals surface area (Å²) in [4.78, 5) is 38.9. The van der Waals surface area contributed by atoms with E-state index in [-0.39, 0.29) is 24.4 Å². The summed E-state index contributed by atoms with van der Waals surface area (Å²) in [7, 11) is 1.45. The van der Waals surface area contributed by atoms with Gasteiger partial charge in [-0.15, -0.1) is 0 Å². The van der Waals surface area contributed by atoms with E-state index >= 15 is 0 Å². The second-order valence-corrected chi connectivity index (χ2v) is 6.29. The molecule has 1 aliphatic heterocycles. The van der Waals surface area contributed by atoms with E-state index in [2.05, 4.69) is 20.5 Å². The third kappa shape index (κ3) is 3.58. The molecule has 2 aromatic rings. The summed E-state index contributed by atoms with van der Waals surface area (Å²) in [5.74, 6) is -4.65. The van der Waals surface area contributed by atoms with Crippen molar-refractivity contribution in [3.8, 4) is 0 Å². The van der Waals surface area contributed by atoms with Crippen molar-refractivity contribution in [2.45, 2.75) is 25.0 Å². The van der Waals surface area contributed by atoms with Gasteiger partial charge in [0.1, 0.15) is 11.9 Å². The van der Waals surface area contributed by atoms with Gasteiger partial charge < -0.3 is 10.4 Å². The first-order chi connectivity index (χ1) is 12.8. The summed E-state index contributed by atoms with van der Waals surface area (Å²) in [6.07, 6.45) is -0.0740. The number of nitrogens with zero attached hydrogens (tertiary/aromatic N) is 2.